The fourth-order valence-corrected chi connectivity index (χ4v) is 1.85. The largest absolute Gasteiger partial charge is 0.464 e. The SMILES string of the molecule is COC(=O)c1nc(-c2ccc(C)cc2C)oc1C. The van der Waals surface area contributed by atoms with Crippen LogP contribution < -0.4 is 0 Å². The number of oxazole rings is 1. The van der Waals surface area contributed by atoms with Gasteiger partial charge in [0.25, 0.3) is 0 Å². The molecule has 0 bridgehead atoms. The molecule has 0 fully saturated rings. The summed E-state index contributed by atoms with van der Waals surface area (Å²) in [4.78, 5) is 15.7. The molecule has 0 unspecified atom stereocenters. The van der Waals surface area contributed by atoms with Crippen molar-refractivity contribution in [3.8, 4) is 11.5 Å². The minimum Gasteiger partial charge on any atom is -0.464 e. The van der Waals surface area contributed by atoms with Crippen molar-refractivity contribution in [2.75, 3.05) is 7.11 Å². The smallest absolute Gasteiger partial charge is 0.360 e. The van der Waals surface area contributed by atoms with Crippen LogP contribution in [0.5, 0.6) is 0 Å². The fourth-order valence-electron chi connectivity index (χ4n) is 1.85. The second-order valence-corrected chi connectivity index (χ2v) is 4.23. The number of ether oxygens (including phenoxy) is 1. The predicted octanol–water partition coefficient (Wildman–Crippen LogP) is 3.05. The Hall–Kier alpha value is -2.10. The lowest BCUT2D eigenvalue weighted by atomic mass is 10.1. The van der Waals surface area contributed by atoms with Crippen LogP contribution in [0.4, 0.5) is 0 Å². The van der Waals surface area contributed by atoms with Gasteiger partial charge in [0.15, 0.2) is 5.69 Å². The Morgan fingerprint density at radius 2 is 2.00 bits per heavy atom. The predicted molar refractivity (Wildman–Crippen MR) is 67.5 cm³/mol. The van der Waals surface area contributed by atoms with Crippen molar-refractivity contribution in [2.24, 2.45) is 0 Å². The van der Waals surface area contributed by atoms with E-state index in [9.17, 15) is 4.79 Å². The van der Waals surface area contributed by atoms with Crippen LogP contribution in [0.15, 0.2) is 22.6 Å². The number of benzene rings is 1. The minimum absolute atomic E-state index is 0.229. The molecule has 0 atom stereocenters. The van der Waals surface area contributed by atoms with Gasteiger partial charge in [-0.15, -0.1) is 0 Å². The summed E-state index contributed by atoms with van der Waals surface area (Å²) in [6.45, 7) is 5.71. The minimum atomic E-state index is -0.479. The molecule has 4 nitrogen and oxygen atoms in total. The third-order valence-electron chi connectivity index (χ3n) is 2.79. The molecule has 0 aliphatic carbocycles. The van der Waals surface area contributed by atoms with Gasteiger partial charge in [-0.25, -0.2) is 9.78 Å². The van der Waals surface area contributed by atoms with Gasteiger partial charge >= 0.3 is 5.97 Å². The normalized spacial score (nSPS) is 10.4. The molecular formula is C14H15NO3. The van der Waals surface area contributed by atoms with E-state index < -0.39 is 5.97 Å². The van der Waals surface area contributed by atoms with E-state index in [1.165, 1.54) is 12.7 Å². The molecule has 0 N–H and O–H groups in total. The first kappa shape index (κ1) is 12.4. The van der Waals surface area contributed by atoms with Crippen LogP contribution in [0, 0.1) is 20.8 Å². The molecule has 0 spiro atoms. The summed E-state index contributed by atoms with van der Waals surface area (Å²) in [7, 11) is 1.33. The molecule has 0 amide bonds. The number of carbonyl (C=O) groups is 1. The molecule has 18 heavy (non-hydrogen) atoms. The summed E-state index contributed by atoms with van der Waals surface area (Å²) in [5, 5.41) is 0. The Balaban J connectivity index is 2.49. The van der Waals surface area contributed by atoms with E-state index in [0.29, 0.717) is 11.7 Å². The zero-order valence-corrected chi connectivity index (χ0v) is 10.9. The van der Waals surface area contributed by atoms with Crippen molar-refractivity contribution in [3.05, 3.63) is 40.8 Å². The molecule has 0 radical (unpaired) electrons. The average molecular weight is 245 g/mol. The van der Waals surface area contributed by atoms with Gasteiger partial charge in [-0.1, -0.05) is 17.7 Å². The van der Waals surface area contributed by atoms with Crippen LogP contribution in [-0.4, -0.2) is 18.1 Å². The standard InChI is InChI=1S/C14H15NO3/c1-8-5-6-11(9(2)7-8)13-15-12(10(3)18-13)14(16)17-4/h5-7H,1-4H3. The van der Waals surface area contributed by atoms with E-state index in [0.717, 1.165) is 11.1 Å². The van der Waals surface area contributed by atoms with Crippen LogP contribution in [-0.2, 0) is 4.74 Å². The van der Waals surface area contributed by atoms with E-state index >= 15 is 0 Å². The molecule has 2 aromatic rings. The van der Waals surface area contributed by atoms with Gasteiger partial charge in [0.1, 0.15) is 5.76 Å². The highest BCUT2D eigenvalue weighted by Gasteiger charge is 2.19. The zero-order valence-electron chi connectivity index (χ0n) is 10.9. The summed E-state index contributed by atoms with van der Waals surface area (Å²) >= 11 is 0. The molecular weight excluding hydrogens is 230 g/mol. The Labute approximate surface area is 106 Å². The number of aryl methyl sites for hydroxylation is 3. The first-order valence-corrected chi connectivity index (χ1v) is 5.66. The molecule has 0 saturated carbocycles. The summed E-state index contributed by atoms with van der Waals surface area (Å²) < 4.78 is 10.2. The molecule has 2 rings (SSSR count). The van der Waals surface area contributed by atoms with Gasteiger partial charge in [0, 0.05) is 5.56 Å². The summed E-state index contributed by atoms with van der Waals surface area (Å²) in [6.07, 6.45) is 0. The van der Waals surface area contributed by atoms with Crippen molar-refractivity contribution < 1.29 is 13.9 Å². The van der Waals surface area contributed by atoms with Crippen LogP contribution >= 0.6 is 0 Å². The number of methoxy groups -OCH3 is 1. The van der Waals surface area contributed by atoms with Crippen LogP contribution in [0.3, 0.4) is 0 Å². The summed E-state index contributed by atoms with van der Waals surface area (Å²) in [5.41, 5.74) is 3.35. The van der Waals surface area contributed by atoms with Gasteiger partial charge in [0.2, 0.25) is 5.89 Å². The lowest BCUT2D eigenvalue weighted by Gasteiger charge is -2.02. The second kappa shape index (κ2) is 4.64. The average Bonchev–Trinajstić information content (AvgIpc) is 2.70. The van der Waals surface area contributed by atoms with E-state index in [1.54, 1.807) is 6.92 Å². The number of hydrogen-bond acceptors (Lipinski definition) is 4. The van der Waals surface area contributed by atoms with E-state index in [2.05, 4.69) is 9.72 Å². The van der Waals surface area contributed by atoms with E-state index in [-0.39, 0.29) is 5.69 Å². The highest BCUT2D eigenvalue weighted by Crippen LogP contribution is 2.25. The van der Waals surface area contributed by atoms with E-state index in [1.807, 2.05) is 32.0 Å². The molecule has 0 saturated heterocycles. The number of nitrogens with zero attached hydrogens (tertiary/aromatic N) is 1. The zero-order chi connectivity index (χ0) is 13.3. The maximum atomic E-state index is 11.5. The fraction of sp³-hybridized carbons (Fsp3) is 0.286. The van der Waals surface area contributed by atoms with Gasteiger partial charge in [-0.3, -0.25) is 0 Å². The number of aromatic nitrogens is 1. The van der Waals surface area contributed by atoms with Crippen molar-refractivity contribution >= 4 is 5.97 Å². The van der Waals surface area contributed by atoms with Crippen molar-refractivity contribution in [1.82, 2.24) is 4.98 Å². The third kappa shape index (κ3) is 2.14. The number of esters is 1. The van der Waals surface area contributed by atoms with Gasteiger partial charge in [-0.05, 0) is 32.4 Å². The van der Waals surface area contributed by atoms with Crippen molar-refractivity contribution in [1.29, 1.82) is 0 Å². The number of rotatable bonds is 2. The first-order valence-electron chi connectivity index (χ1n) is 5.66. The second-order valence-electron chi connectivity index (χ2n) is 4.23. The Morgan fingerprint density at radius 1 is 1.28 bits per heavy atom. The van der Waals surface area contributed by atoms with Gasteiger partial charge in [0.05, 0.1) is 7.11 Å². The van der Waals surface area contributed by atoms with Gasteiger partial charge < -0.3 is 9.15 Å². The topological polar surface area (TPSA) is 52.3 Å². The Bertz CT molecular complexity index is 599. The number of carbonyl (C=O) groups excluding carboxylic acids is 1. The maximum Gasteiger partial charge on any atom is 0.360 e. The molecule has 94 valence electrons. The van der Waals surface area contributed by atoms with E-state index in [4.69, 9.17) is 4.42 Å². The molecule has 1 aromatic heterocycles. The Kier molecular flexibility index (Phi) is 3.19. The highest BCUT2D eigenvalue weighted by molar-refractivity contribution is 5.88. The molecule has 0 aliphatic heterocycles. The molecule has 1 aromatic carbocycles. The van der Waals surface area contributed by atoms with Gasteiger partial charge in [-0.2, -0.15) is 0 Å². The molecule has 0 aliphatic rings. The summed E-state index contributed by atoms with van der Waals surface area (Å²) in [5.74, 6) is 0.439. The van der Waals surface area contributed by atoms with Crippen LogP contribution in [0.25, 0.3) is 11.5 Å². The lowest BCUT2D eigenvalue weighted by Crippen LogP contribution is -2.03. The summed E-state index contributed by atoms with van der Waals surface area (Å²) in [6, 6.07) is 5.98. The van der Waals surface area contributed by atoms with Crippen LogP contribution in [0.1, 0.15) is 27.4 Å². The Morgan fingerprint density at radius 3 is 2.61 bits per heavy atom. The quantitative estimate of drug-likeness (QED) is 0.763. The first-order chi connectivity index (χ1) is 8.52. The van der Waals surface area contributed by atoms with Crippen molar-refractivity contribution in [3.63, 3.8) is 0 Å². The van der Waals surface area contributed by atoms with Crippen molar-refractivity contribution in [2.45, 2.75) is 20.8 Å². The molecule has 4 heteroatoms. The highest BCUT2D eigenvalue weighted by atomic mass is 16.5. The lowest BCUT2D eigenvalue weighted by molar-refractivity contribution is 0.0593. The third-order valence-corrected chi connectivity index (χ3v) is 2.79. The molecule has 1 heterocycles. The number of hydrogen-bond donors (Lipinski definition) is 0. The van der Waals surface area contributed by atoms with Crippen LogP contribution in [0.2, 0.25) is 0 Å². The monoisotopic (exact) mass is 245 g/mol. The maximum absolute atomic E-state index is 11.5.